The van der Waals surface area contributed by atoms with Crippen LogP contribution < -0.4 is 5.32 Å². The van der Waals surface area contributed by atoms with Gasteiger partial charge in [0.1, 0.15) is 17.5 Å². The Morgan fingerprint density at radius 1 is 1.14 bits per heavy atom. The van der Waals surface area contributed by atoms with Crippen LogP contribution in [0, 0.1) is 15.9 Å². The van der Waals surface area contributed by atoms with Gasteiger partial charge >= 0.3 is 11.9 Å². The molecule has 0 aromatic heterocycles. The number of carboxylic acids is 2. The molecule has 0 radical (unpaired) electrons. The number of hydrogen-bond acceptors (Lipinski definition) is 7. The maximum Gasteiger partial charge on any atom is 0.335 e. The number of nitrogens with one attached hydrogen (secondary N) is 1. The molecule has 0 heterocycles. The van der Waals surface area contributed by atoms with E-state index >= 15 is 0 Å². The standard InChI is InChI=1S/C17H15FN2O8S/c18-12-4-1-10(2-5-12)8-29(27,28)9-14(17(23)24)19-13-6-3-11(16(21)22)7-15(13)20(25)26/h1-7,14,19H,8-9H2,(H,21,22)(H,23,24)/t14-/m1/s1. The first-order chi connectivity index (χ1) is 13.5. The molecule has 0 bridgehead atoms. The normalized spacial score (nSPS) is 12.2. The van der Waals surface area contributed by atoms with Crippen LogP contribution in [0.5, 0.6) is 0 Å². The van der Waals surface area contributed by atoms with Crippen LogP contribution in [0.3, 0.4) is 0 Å². The molecule has 0 saturated heterocycles. The smallest absolute Gasteiger partial charge is 0.335 e. The Balaban J connectivity index is 2.26. The largest absolute Gasteiger partial charge is 0.480 e. The van der Waals surface area contributed by atoms with E-state index in [0.29, 0.717) is 0 Å². The zero-order chi connectivity index (χ0) is 21.8. The molecule has 0 unspecified atom stereocenters. The molecule has 0 amide bonds. The van der Waals surface area contributed by atoms with Gasteiger partial charge in [-0.25, -0.2) is 22.4 Å². The molecule has 12 heteroatoms. The number of anilines is 1. The Bertz CT molecular complexity index is 1050. The highest BCUT2D eigenvalue weighted by Gasteiger charge is 2.28. The van der Waals surface area contributed by atoms with Crippen LogP contribution in [0.4, 0.5) is 15.8 Å². The fourth-order valence-corrected chi connectivity index (χ4v) is 4.00. The second kappa shape index (κ2) is 8.65. The lowest BCUT2D eigenvalue weighted by Gasteiger charge is -2.16. The number of nitro benzene ring substituents is 1. The summed E-state index contributed by atoms with van der Waals surface area (Å²) in [7, 11) is -4.00. The molecule has 0 aliphatic heterocycles. The lowest BCUT2D eigenvalue weighted by Crippen LogP contribution is -2.37. The maximum atomic E-state index is 12.9. The van der Waals surface area contributed by atoms with Crippen LogP contribution in [0.2, 0.25) is 0 Å². The van der Waals surface area contributed by atoms with Crippen molar-refractivity contribution < 1.29 is 37.5 Å². The minimum Gasteiger partial charge on any atom is -0.480 e. The number of halogens is 1. The summed E-state index contributed by atoms with van der Waals surface area (Å²) in [6, 6.07) is 5.60. The maximum absolute atomic E-state index is 12.9. The highest BCUT2D eigenvalue weighted by atomic mass is 32.2. The summed E-state index contributed by atoms with van der Waals surface area (Å²) in [6.45, 7) is 0. The van der Waals surface area contributed by atoms with Crippen LogP contribution in [0.1, 0.15) is 15.9 Å². The molecule has 10 nitrogen and oxygen atoms in total. The van der Waals surface area contributed by atoms with E-state index in [4.69, 9.17) is 5.11 Å². The topological polar surface area (TPSA) is 164 Å². The molecule has 3 N–H and O–H groups in total. The summed E-state index contributed by atoms with van der Waals surface area (Å²) in [5.41, 5.74) is -1.21. The molecular weight excluding hydrogens is 411 g/mol. The Labute approximate surface area is 163 Å². The number of aliphatic carboxylic acids is 1. The molecule has 1 atom stereocenters. The van der Waals surface area contributed by atoms with Gasteiger partial charge in [-0.3, -0.25) is 10.1 Å². The van der Waals surface area contributed by atoms with Crippen molar-refractivity contribution in [3.05, 3.63) is 69.5 Å². The van der Waals surface area contributed by atoms with Gasteiger partial charge in [-0.15, -0.1) is 0 Å². The van der Waals surface area contributed by atoms with Gasteiger partial charge in [-0.2, -0.15) is 0 Å². The molecule has 0 aliphatic carbocycles. The monoisotopic (exact) mass is 426 g/mol. The predicted molar refractivity (Wildman–Crippen MR) is 99.0 cm³/mol. The number of hydrogen-bond donors (Lipinski definition) is 3. The highest BCUT2D eigenvalue weighted by Crippen LogP contribution is 2.27. The van der Waals surface area contributed by atoms with Crippen molar-refractivity contribution in [2.24, 2.45) is 0 Å². The van der Waals surface area contributed by atoms with Gasteiger partial charge in [0.15, 0.2) is 9.84 Å². The molecule has 29 heavy (non-hydrogen) atoms. The van der Waals surface area contributed by atoms with Crippen molar-refractivity contribution in [2.75, 3.05) is 11.1 Å². The van der Waals surface area contributed by atoms with E-state index in [1.165, 1.54) is 12.1 Å². The quantitative estimate of drug-likeness (QED) is 0.401. The summed E-state index contributed by atoms with van der Waals surface area (Å²) in [5.74, 6) is -5.02. The average molecular weight is 426 g/mol. The number of aromatic carboxylic acids is 1. The fourth-order valence-electron chi connectivity index (χ4n) is 2.45. The van der Waals surface area contributed by atoms with Crippen LogP contribution in [-0.4, -0.2) is 47.3 Å². The van der Waals surface area contributed by atoms with Gasteiger partial charge in [0, 0.05) is 6.07 Å². The van der Waals surface area contributed by atoms with E-state index in [0.717, 1.165) is 30.3 Å². The molecule has 0 aliphatic rings. The van der Waals surface area contributed by atoms with Gasteiger partial charge in [-0.05, 0) is 29.8 Å². The average Bonchev–Trinajstić information content (AvgIpc) is 2.62. The Morgan fingerprint density at radius 3 is 2.28 bits per heavy atom. The predicted octanol–water partition coefficient (Wildman–Crippen LogP) is 1.91. The Hall–Kier alpha value is -3.54. The van der Waals surface area contributed by atoms with Gasteiger partial charge < -0.3 is 15.5 Å². The highest BCUT2D eigenvalue weighted by molar-refractivity contribution is 7.90. The number of carbonyl (C=O) groups is 2. The third-order valence-electron chi connectivity index (χ3n) is 3.79. The van der Waals surface area contributed by atoms with Crippen molar-refractivity contribution in [3.63, 3.8) is 0 Å². The minimum atomic E-state index is -4.00. The van der Waals surface area contributed by atoms with E-state index in [9.17, 15) is 37.6 Å². The van der Waals surface area contributed by atoms with Gasteiger partial charge in [-0.1, -0.05) is 12.1 Å². The lowest BCUT2D eigenvalue weighted by atomic mass is 10.1. The SMILES string of the molecule is O=C(O)c1ccc(N[C@H](CS(=O)(=O)Cc2ccc(F)cc2)C(=O)O)c([N+](=O)[O-])c1. The van der Waals surface area contributed by atoms with Gasteiger partial charge in [0.2, 0.25) is 0 Å². The zero-order valence-electron chi connectivity index (χ0n) is 14.6. The van der Waals surface area contributed by atoms with Gasteiger partial charge in [0.05, 0.1) is 22.0 Å². The van der Waals surface area contributed by atoms with E-state index in [1.54, 1.807) is 0 Å². The molecule has 0 spiro atoms. The third kappa shape index (κ3) is 5.97. The number of benzene rings is 2. The van der Waals surface area contributed by atoms with Crippen LogP contribution in [0.25, 0.3) is 0 Å². The van der Waals surface area contributed by atoms with Gasteiger partial charge in [0.25, 0.3) is 5.69 Å². The summed E-state index contributed by atoms with van der Waals surface area (Å²) < 4.78 is 37.6. The summed E-state index contributed by atoms with van der Waals surface area (Å²) in [5, 5.41) is 31.7. The molecule has 2 aromatic carbocycles. The number of carboxylic acid groups (broad SMARTS) is 2. The van der Waals surface area contributed by atoms with Crippen LogP contribution >= 0.6 is 0 Å². The summed E-state index contributed by atoms with van der Waals surface area (Å²) in [4.78, 5) is 32.7. The Kier molecular flexibility index (Phi) is 6.49. The summed E-state index contributed by atoms with van der Waals surface area (Å²) in [6.07, 6.45) is 0. The third-order valence-corrected chi connectivity index (χ3v) is 5.40. The van der Waals surface area contributed by atoms with Crippen LogP contribution in [-0.2, 0) is 20.4 Å². The van der Waals surface area contributed by atoms with Crippen LogP contribution in [0.15, 0.2) is 42.5 Å². The molecule has 154 valence electrons. The van der Waals surface area contributed by atoms with E-state index < -0.39 is 61.3 Å². The zero-order valence-corrected chi connectivity index (χ0v) is 15.4. The molecule has 0 saturated carbocycles. The van der Waals surface area contributed by atoms with Crippen molar-refractivity contribution in [1.82, 2.24) is 0 Å². The first-order valence-corrected chi connectivity index (χ1v) is 9.76. The number of sulfone groups is 1. The van der Waals surface area contributed by atoms with E-state index in [1.807, 2.05) is 0 Å². The van der Waals surface area contributed by atoms with Crippen molar-refractivity contribution in [2.45, 2.75) is 11.8 Å². The Morgan fingerprint density at radius 2 is 1.76 bits per heavy atom. The molecule has 2 aromatic rings. The van der Waals surface area contributed by atoms with Crippen molar-refractivity contribution >= 4 is 33.2 Å². The fraction of sp³-hybridized carbons (Fsp3) is 0.176. The molecule has 0 fully saturated rings. The molecular formula is C17H15FN2O8S. The summed E-state index contributed by atoms with van der Waals surface area (Å²) >= 11 is 0. The first-order valence-electron chi connectivity index (χ1n) is 7.94. The minimum absolute atomic E-state index is 0.243. The van der Waals surface area contributed by atoms with Crippen molar-refractivity contribution in [1.29, 1.82) is 0 Å². The second-order valence-corrected chi connectivity index (χ2v) is 8.12. The number of nitrogens with zero attached hydrogens (tertiary/aromatic N) is 1. The lowest BCUT2D eigenvalue weighted by molar-refractivity contribution is -0.384. The second-order valence-electron chi connectivity index (χ2n) is 6.01. The van der Waals surface area contributed by atoms with E-state index in [-0.39, 0.29) is 11.3 Å². The van der Waals surface area contributed by atoms with E-state index in [2.05, 4.69) is 5.32 Å². The number of nitro groups is 1. The van der Waals surface area contributed by atoms with Crippen molar-refractivity contribution in [3.8, 4) is 0 Å². The first kappa shape index (κ1) is 21.8. The number of rotatable bonds is 9. The molecule has 2 rings (SSSR count).